The Hall–Kier alpha value is -2.29. The van der Waals surface area contributed by atoms with E-state index >= 15 is 0 Å². The van der Waals surface area contributed by atoms with Gasteiger partial charge in [-0.1, -0.05) is 18.2 Å². The first-order valence-corrected chi connectivity index (χ1v) is 7.62. The molecule has 116 valence electrons. The lowest BCUT2D eigenvalue weighted by Gasteiger charge is -2.16. The number of carbonyl (C=O) groups is 1. The highest BCUT2D eigenvalue weighted by Gasteiger charge is 2.12. The zero-order valence-electron chi connectivity index (χ0n) is 13.6. The van der Waals surface area contributed by atoms with E-state index < -0.39 is 0 Å². The smallest absolute Gasteiger partial charge is 0.251 e. The first-order chi connectivity index (χ1) is 10.5. The summed E-state index contributed by atoms with van der Waals surface area (Å²) in [4.78, 5) is 12.3. The van der Waals surface area contributed by atoms with E-state index in [1.807, 2.05) is 26.0 Å². The highest BCUT2D eigenvalue weighted by Crippen LogP contribution is 2.18. The number of ether oxygens (including phenoxy) is 1. The van der Waals surface area contributed by atoms with E-state index in [0.717, 1.165) is 11.3 Å². The number of amides is 1. The lowest BCUT2D eigenvalue weighted by atomic mass is 10.0. The molecule has 0 aliphatic heterocycles. The lowest BCUT2D eigenvalue weighted by Crippen LogP contribution is -2.26. The fourth-order valence-corrected chi connectivity index (χ4v) is 2.27. The third kappa shape index (κ3) is 3.88. The molecule has 0 radical (unpaired) electrons. The van der Waals surface area contributed by atoms with Crippen molar-refractivity contribution < 1.29 is 9.53 Å². The van der Waals surface area contributed by atoms with Crippen LogP contribution in [0.15, 0.2) is 42.5 Å². The van der Waals surface area contributed by atoms with E-state index in [0.29, 0.717) is 12.2 Å². The number of hydrogen-bond acceptors (Lipinski definition) is 2. The number of carbonyl (C=O) groups excluding carboxylic acids is 1. The van der Waals surface area contributed by atoms with Crippen LogP contribution < -0.4 is 10.1 Å². The first-order valence-electron chi connectivity index (χ1n) is 7.62. The molecular formula is C19H23NO2. The zero-order valence-corrected chi connectivity index (χ0v) is 13.6. The van der Waals surface area contributed by atoms with Gasteiger partial charge in [0.15, 0.2) is 0 Å². The molecule has 0 aliphatic carbocycles. The summed E-state index contributed by atoms with van der Waals surface area (Å²) in [6.45, 7) is 8.72. The Kier molecular flexibility index (Phi) is 5.21. The van der Waals surface area contributed by atoms with Crippen LogP contribution in [0.3, 0.4) is 0 Å². The monoisotopic (exact) mass is 297 g/mol. The van der Waals surface area contributed by atoms with Crippen LogP contribution in [-0.2, 0) is 0 Å². The molecule has 2 rings (SSSR count). The van der Waals surface area contributed by atoms with Crippen LogP contribution in [0.1, 0.15) is 46.9 Å². The number of benzene rings is 2. The zero-order chi connectivity index (χ0) is 16.1. The second kappa shape index (κ2) is 7.12. The van der Waals surface area contributed by atoms with E-state index in [9.17, 15) is 4.79 Å². The summed E-state index contributed by atoms with van der Waals surface area (Å²) in [6, 6.07) is 13.5. The average Bonchev–Trinajstić information content (AvgIpc) is 2.51. The van der Waals surface area contributed by atoms with Crippen molar-refractivity contribution in [3.63, 3.8) is 0 Å². The van der Waals surface area contributed by atoms with E-state index in [4.69, 9.17) is 4.74 Å². The standard InChI is InChI=1S/C19H23NO2/c1-5-22-18-10-8-16(9-11-18)19(21)20-15(4)17-7-6-13(2)14(3)12-17/h6-12,15H,5H2,1-4H3,(H,20,21). The molecule has 1 N–H and O–H groups in total. The SMILES string of the molecule is CCOc1ccc(C(=O)NC(C)c2ccc(C)c(C)c2)cc1. The predicted octanol–water partition coefficient (Wildman–Crippen LogP) is 4.19. The number of hydrogen-bond donors (Lipinski definition) is 1. The molecule has 1 atom stereocenters. The topological polar surface area (TPSA) is 38.3 Å². The number of nitrogens with one attached hydrogen (secondary N) is 1. The maximum absolute atomic E-state index is 12.3. The summed E-state index contributed by atoms with van der Waals surface area (Å²) in [5, 5.41) is 3.03. The van der Waals surface area contributed by atoms with Crippen LogP contribution in [0.25, 0.3) is 0 Å². The Morgan fingerprint density at radius 3 is 2.36 bits per heavy atom. The van der Waals surface area contributed by atoms with Crippen molar-refractivity contribution >= 4 is 5.91 Å². The quantitative estimate of drug-likeness (QED) is 0.898. The third-order valence-corrected chi connectivity index (χ3v) is 3.81. The fraction of sp³-hybridized carbons (Fsp3) is 0.316. The minimum absolute atomic E-state index is 0.0293. The van der Waals surface area contributed by atoms with Gasteiger partial charge >= 0.3 is 0 Å². The van der Waals surface area contributed by atoms with Crippen molar-refractivity contribution in [2.45, 2.75) is 33.7 Å². The Balaban J connectivity index is 2.05. The molecular weight excluding hydrogens is 274 g/mol. The fourth-order valence-electron chi connectivity index (χ4n) is 2.27. The maximum atomic E-state index is 12.3. The second-order valence-corrected chi connectivity index (χ2v) is 5.50. The first kappa shape index (κ1) is 16.1. The third-order valence-electron chi connectivity index (χ3n) is 3.81. The van der Waals surface area contributed by atoms with Crippen molar-refractivity contribution in [3.05, 3.63) is 64.7 Å². The van der Waals surface area contributed by atoms with Gasteiger partial charge in [-0.25, -0.2) is 0 Å². The Labute approximate surface area is 132 Å². The van der Waals surface area contributed by atoms with Crippen LogP contribution in [-0.4, -0.2) is 12.5 Å². The number of aryl methyl sites for hydroxylation is 2. The van der Waals surface area contributed by atoms with E-state index in [1.54, 1.807) is 12.1 Å². The maximum Gasteiger partial charge on any atom is 0.251 e. The van der Waals surface area contributed by atoms with Gasteiger partial charge in [0, 0.05) is 5.56 Å². The molecule has 0 aromatic heterocycles. The molecule has 2 aromatic rings. The van der Waals surface area contributed by atoms with Crippen LogP contribution in [0.4, 0.5) is 0 Å². The Bertz CT molecular complexity index is 647. The molecule has 1 unspecified atom stereocenters. The molecule has 0 spiro atoms. The molecule has 3 nitrogen and oxygen atoms in total. The van der Waals surface area contributed by atoms with E-state index in [2.05, 4.69) is 37.4 Å². The highest BCUT2D eigenvalue weighted by atomic mass is 16.5. The second-order valence-electron chi connectivity index (χ2n) is 5.50. The van der Waals surface area contributed by atoms with Gasteiger partial charge in [0.25, 0.3) is 5.91 Å². The van der Waals surface area contributed by atoms with E-state index in [1.165, 1.54) is 11.1 Å². The van der Waals surface area contributed by atoms with Gasteiger partial charge < -0.3 is 10.1 Å². The molecule has 0 aliphatic rings. The average molecular weight is 297 g/mol. The summed E-state index contributed by atoms with van der Waals surface area (Å²) in [6.07, 6.45) is 0. The van der Waals surface area contributed by atoms with Gasteiger partial charge in [-0.15, -0.1) is 0 Å². The minimum atomic E-state index is -0.0752. The van der Waals surface area contributed by atoms with Crippen molar-refractivity contribution in [1.82, 2.24) is 5.32 Å². The predicted molar refractivity (Wildman–Crippen MR) is 89.4 cm³/mol. The van der Waals surface area contributed by atoms with Crippen molar-refractivity contribution in [3.8, 4) is 5.75 Å². The molecule has 0 fully saturated rings. The summed E-state index contributed by atoms with van der Waals surface area (Å²) >= 11 is 0. The molecule has 1 amide bonds. The molecule has 2 aromatic carbocycles. The highest BCUT2D eigenvalue weighted by molar-refractivity contribution is 5.94. The largest absolute Gasteiger partial charge is 0.494 e. The molecule has 3 heteroatoms. The van der Waals surface area contributed by atoms with Gasteiger partial charge in [-0.3, -0.25) is 4.79 Å². The van der Waals surface area contributed by atoms with Crippen LogP contribution in [0.5, 0.6) is 5.75 Å². The van der Waals surface area contributed by atoms with Gasteiger partial charge in [0.1, 0.15) is 5.75 Å². The van der Waals surface area contributed by atoms with Crippen molar-refractivity contribution in [2.24, 2.45) is 0 Å². The van der Waals surface area contributed by atoms with Gasteiger partial charge in [0.2, 0.25) is 0 Å². The number of rotatable bonds is 5. The van der Waals surface area contributed by atoms with Crippen molar-refractivity contribution in [1.29, 1.82) is 0 Å². The normalized spacial score (nSPS) is 11.8. The Morgan fingerprint density at radius 2 is 1.77 bits per heavy atom. The molecule has 0 heterocycles. The van der Waals surface area contributed by atoms with Gasteiger partial charge in [0.05, 0.1) is 12.6 Å². The minimum Gasteiger partial charge on any atom is -0.494 e. The molecule has 0 saturated heterocycles. The summed E-state index contributed by atoms with van der Waals surface area (Å²) in [5.74, 6) is 0.704. The summed E-state index contributed by atoms with van der Waals surface area (Å²) in [5.41, 5.74) is 4.25. The lowest BCUT2D eigenvalue weighted by molar-refractivity contribution is 0.0940. The molecule has 22 heavy (non-hydrogen) atoms. The summed E-state index contributed by atoms with van der Waals surface area (Å²) < 4.78 is 5.38. The van der Waals surface area contributed by atoms with Crippen molar-refractivity contribution in [2.75, 3.05) is 6.61 Å². The Morgan fingerprint density at radius 1 is 1.09 bits per heavy atom. The van der Waals surface area contributed by atoms with Crippen LogP contribution in [0.2, 0.25) is 0 Å². The van der Waals surface area contributed by atoms with E-state index in [-0.39, 0.29) is 11.9 Å². The van der Waals surface area contributed by atoms with Crippen LogP contribution >= 0.6 is 0 Å². The van der Waals surface area contributed by atoms with Gasteiger partial charge in [-0.2, -0.15) is 0 Å². The molecule has 0 saturated carbocycles. The van der Waals surface area contributed by atoms with Crippen LogP contribution in [0, 0.1) is 13.8 Å². The summed E-state index contributed by atoms with van der Waals surface area (Å²) in [7, 11) is 0. The van der Waals surface area contributed by atoms with Gasteiger partial charge in [-0.05, 0) is 68.7 Å². The molecule has 0 bridgehead atoms.